The summed E-state index contributed by atoms with van der Waals surface area (Å²) in [6, 6.07) is 7.50. The second-order valence-electron chi connectivity index (χ2n) is 4.52. The van der Waals surface area contributed by atoms with Gasteiger partial charge in [0, 0.05) is 16.7 Å². The molecule has 22 heavy (non-hydrogen) atoms. The Kier molecular flexibility index (Phi) is 4.29. The number of hydrogen-bond acceptors (Lipinski definition) is 6. The van der Waals surface area contributed by atoms with Crippen molar-refractivity contribution in [3.8, 4) is 5.75 Å². The molecular formula is C14H7NaO6S. The van der Waals surface area contributed by atoms with E-state index in [0.717, 1.165) is 6.07 Å². The van der Waals surface area contributed by atoms with Crippen LogP contribution in [0, 0.1) is 0 Å². The van der Waals surface area contributed by atoms with Crippen LogP contribution >= 0.6 is 0 Å². The van der Waals surface area contributed by atoms with Crippen LogP contribution < -0.4 is 29.6 Å². The molecule has 1 aliphatic rings. The third-order valence-corrected chi connectivity index (χ3v) is 4.08. The van der Waals surface area contributed by atoms with E-state index in [1.54, 1.807) is 12.1 Å². The number of rotatable bonds is 1. The molecule has 0 aliphatic heterocycles. The van der Waals surface area contributed by atoms with Crippen molar-refractivity contribution >= 4 is 21.7 Å². The van der Waals surface area contributed by atoms with Gasteiger partial charge in [0.2, 0.25) is 0 Å². The van der Waals surface area contributed by atoms with E-state index in [0.29, 0.717) is 6.07 Å². The van der Waals surface area contributed by atoms with Crippen LogP contribution in [0.3, 0.4) is 0 Å². The van der Waals surface area contributed by atoms with E-state index < -0.39 is 32.3 Å². The molecule has 0 spiro atoms. The Morgan fingerprint density at radius 1 is 0.909 bits per heavy atom. The van der Waals surface area contributed by atoms with E-state index in [-0.39, 0.29) is 51.8 Å². The Labute approximate surface area is 147 Å². The van der Waals surface area contributed by atoms with Crippen LogP contribution in [0.5, 0.6) is 5.75 Å². The molecule has 0 heterocycles. The summed E-state index contributed by atoms with van der Waals surface area (Å²) in [5, 5.41) is 9.84. The number of hydrogen-bond donors (Lipinski definition) is 1. The summed E-state index contributed by atoms with van der Waals surface area (Å²) in [4.78, 5) is 23.9. The zero-order valence-electron chi connectivity index (χ0n) is 11.4. The number of phenols is 1. The minimum Gasteiger partial charge on any atom is -0.744 e. The summed E-state index contributed by atoms with van der Waals surface area (Å²) >= 11 is 0. The maximum Gasteiger partial charge on any atom is 1.00 e. The van der Waals surface area contributed by atoms with Gasteiger partial charge in [0.15, 0.2) is 11.6 Å². The Hall–Kier alpha value is -1.51. The quantitative estimate of drug-likeness (QED) is 0.412. The number of carbonyl (C=O) groups excluding carboxylic acids is 2. The molecule has 2 aromatic carbocycles. The Morgan fingerprint density at radius 3 is 2.00 bits per heavy atom. The molecule has 0 amide bonds. The number of ketones is 2. The zero-order chi connectivity index (χ0) is 15.4. The second kappa shape index (κ2) is 5.60. The first kappa shape index (κ1) is 16.9. The van der Waals surface area contributed by atoms with Crippen LogP contribution in [0.1, 0.15) is 31.8 Å². The molecule has 0 saturated carbocycles. The Balaban J connectivity index is 0.00000176. The minimum absolute atomic E-state index is 0. The first-order valence-corrected chi connectivity index (χ1v) is 7.23. The average Bonchev–Trinajstić information content (AvgIpc) is 2.43. The second-order valence-corrected chi connectivity index (χ2v) is 5.90. The van der Waals surface area contributed by atoms with E-state index in [9.17, 15) is 27.7 Å². The van der Waals surface area contributed by atoms with Crippen molar-refractivity contribution in [2.24, 2.45) is 0 Å². The van der Waals surface area contributed by atoms with Crippen molar-refractivity contribution in [3.05, 3.63) is 58.7 Å². The van der Waals surface area contributed by atoms with Gasteiger partial charge in [0.25, 0.3) is 0 Å². The first-order valence-electron chi connectivity index (χ1n) is 5.82. The minimum atomic E-state index is -4.85. The Bertz CT molecular complexity index is 917. The van der Waals surface area contributed by atoms with Crippen molar-refractivity contribution < 1.29 is 57.2 Å². The zero-order valence-corrected chi connectivity index (χ0v) is 14.2. The van der Waals surface area contributed by atoms with Gasteiger partial charge in [-0.25, -0.2) is 8.42 Å². The average molecular weight is 326 g/mol. The van der Waals surface area contributed by atoms with Crippen LogP contribution in [-0.4, -0.2) is 29.6 Å². The van der Waals surface area contributed by atoms with Crippen molar-refractivity contribution in [3.63, 3.8) is 0 Å². The molecule has 2 aromatic rings. The van der Waals surface area contributed by atoms with Crippen molar-refractivity contribution in [1.29, 1.82) is 0 Å². The van der Waals surface area contributed by atoms with Crippen LogP contribution in [0.15, 0.2) is 41.3 Å². The largest absolute Gasteiger partial charge is 1.00 e. The van der Waals surface area contributed by atoms with Crippen LogP contribution in [0.4, 0.5) is 0 Å². The summed E-state index contributed by atoms with van der Waals surface area (Å²) in [7, 11) is -4.85. The number of fused-ring (bicyclic) bond motifs is 2. The van der Waals surface area contributed by atoms with Gasteiger partial charge in [-0.1, -0.05) is 24.3 Å². The van der Waals surface area contributed by atoms with Gasteiger partial charge in [-0.2, -0.15) is 0 Å². The van der Waals surface area contributed by atoms with E-state index in [1.165, 1.54) is 12.1 Å². The molecule has 3 rings (SSSR count). The van der Waals surface area contributed by atoms with Crippen molar-refractivity contribution in [2.45, 2.75) is 4.90 Å². The Morgan fingerprint density at radius 2 is 1.45 bits per heavy atom. The number of phenolic OH excluding ortho intramolecular Hbond substituents is 1. The molecule has 0 aromatic heterocycles. The third kappa shape index (κ3) is 2.51. The van der Waals surface area contributed by atoms with Gasteiger partial charge in [-0.3, -0.25) is 9.59 Å². The smallest absolute Gasteiger partial charge is 0.744 e. The maximum absolute atomic E-state index is 12.3. The van der Waals surface area contributed by atoms with Gasteiger partial charge in [-0.05, 0) is 12.1 Å². The van der Waals surface area contributed by atoms with Crippen molar-refractivity contribution in [2.75, 3.05) is 0 Å². The van der Waals surface area contributed by atoms with Crippen LogP contribution in [-0.2, 0) is 10.1 Å². The van der Waals surface area contributed by atoms with Crippen LogP contribution in [0.25, 0.3) is 0 Å². The molecule has 8 heteroatoms. The summed E-state index contributed by atoms with van der Waals surface area (Å²) in [5.41, 5.74) is -0.336. The number of benzene rings is 2. The molecule has 1 N–H and O–H groups in total. The topological polar surface area (TPSA) is 112 Å². The molecule has 1 aliphatic carbocycles. The molecule has 0 atom stereocenters. The predicted octanol–water partition coefficient (Wildman–Crippen LogP) is -1.92. The standard InChI is InChI=1S/C14H8O6S.Na/c15-11-6-7(21(18,19)20)5-10-12(11)14(17)9-4-2-1-3-8(9)13(10)16;/h1-6,15H,(H,18,19,20);/q;+1/p-1. The summed E-state index contributed by atoms with van der Waals surface area (Å²) in [6.45, 7) is 0. The van der Waals surface area contributed by atoms with Gasteiger partial charge in [0.1, 0.15) is 15.9 Å². The fourth-order valence-corrected chi connectivity index (χ4v) is 2.84. The number of aromatic hydroxyl groups is 1. The molecular weight excluding hydrogens is 319 g/mol. The summed E-state index contributed by atoms with van der Waals surface area (Å²) < 4.78 is 33.1. The first-order chi connectivity index (χ1) is 9.80. The SMILES string of the molecule is O=C1c2ccccc2C(=O)c2c(O)cc(S(=O)(=O)[O-])cc21.[Na+]. The van der Waals surface area contributed by atoms with Gasteiger partial charge >= 0.3 is 29.6 Å². The molecule has 0 saturated heterocycles. The van der Waals surface area contributed by atoms with E-state index in [4.69, 9.17) is 0 Å². The summed E-state index contributed by atoms with van der Waals surface area (Å²) in [6.07, 6.45) is 0. The fraction of sp³-hybridized carbons (Fsp3) is 0. The van der Waals surface area contributed by atoms with Crippen molar-refractivity contribution in [1.82, 2.24) is 0 Å². The van der Waals surface area contributed by atoms with Gasteiger partial charge in [-0.15, -0.1) is 0 Å². The molecule has 0 radical (unpaired) electrons. The molecule has 0 bridgehead atoms. The fourth-order valence-electron chi connectivity index (χ4n) is 2.32. The van der Waals surface area contributed by atoms with E-state index >= 15 is 0 Å². The van der Waals surface area contributed by atoms with E-state index in [2.05, 4.69) is 0 Å². The molecule has 0 fully saturated rings. The monoisotopic (exact) mass is 326 g/mol. The molecule has 106 valence electrons. The predicted molar refractivity (Wildman–Crippen MR) is 69.4 cm³/mol. The third-order valence-electron chi connectivity index (χ3n) is 3.27. The van der Waals surface area contributed by atoms with Gasteiger partial charge < -0.3 is 9.66 Å². The summed E-state index contributed by atoms with van der Waals surface area (Å²) in [5.74, 6) is -1.90. The normalized spacial score (nSPS) is 13.1. The van der Waals surface area contributed by atoms with Gasteiger partial charge in [0.05, 0.1) is 10.5 Å². The maximum atomic E-state index is 12.3. The van der Waals surface area contributed by atoms with Crippen LogP contribution in [0.2, 0.25) is 0 Å². The molecule has 0 unspecified atom stereocenters. The number of carbonyl (C=O) groups is 2. The molecule has 6 nitrogen and oxygen atoms in total. The van der Waals surface area contributed by atoms with E-state index in [1.807, 2.05) is 0 Å².